The summed E-state index contributed by atoms with van der Waals surface area (Å²) >= 11 is 6.61. The van der Waals surface area contributed by atoms with Gasteiger partial charge in [-0.1, -0.05) is 36.7 Å². The third kappa shape index (κ3) is 5.86. The predicted octanol–water partition coefficient (Wildman–Crippen LogP) is 5.25. The predicted molar refractivity (Wildman–Crippen MR) is 173 cm³/mol. The van der Waals surface area contributed by atoms with Crippen LogP contribution in [0, 0.1) is 0 Å². The number of anilines is 3. The van der Waals surface area contributed by atoms with Crippen molar-refractivity contribution in [3.8, 4) is 17.0 Å². The second kappa shape index (κ2) is 12.6. The summed E-state index contributed by atoms with van der Waals surface area (Å²) in [6.07, 6.45) is 5.80. The molecule has 2 fully saturated rings. The molecular formula is C31H38ClN7O2S. The Bertz CT molecular complexity index is 1580. The summed E-state index contributed by atoms with van der Waals surface area (Å²) in [5, 5.41) is 4.70. The van der Waals surface area contributed by atoms with E-state index in [1.54, 1.807) is 17.3 Å². The summed E-state index contributed by atoms with van der Waals surface area (Å²) in [5.74, 6) is 1.75. The van der Waals surface area contributed by atoms with E-state index in [4.69, 9.17) is 21.3 Å². The Morgan fingerprint density at radius 2 is 1.83 bits per heavy atom. The Balaban J connectivity index is 1.20. The number of ether oxygens (including phenoxy) is 1. The number of nitrogens with one attached hydrogen (secondary N) is 1. The quantitative estimate of drug-likeness (QED) is 0.291. The van der Waals surface area contributed by atoms with Gasteiger partial charge in [-0.05, 0) is 38.1 Å². The molecule has 4 heterocycles. The SMILES string of the molecule is CCS(=O)n1cc(-c2nc(Nc3ccc(N4CCC(N5CCN(C)CC5)CC4)c(OC)c3)ncc2Cl)c2ccccc21. The van der Waals surface area contributed by atoms with E-state index in [0.717, 1.165) is 72.6 Å². The molecule has 0 saturated carbocycles. The van der Waals surface area contributed by atoms with E-state index in [2.05, 4.69) is 38.1 Å². The monoisotopic (exact) mass is 607 g/mol. The number of aromatic nitrogens is 3. The van der Waals surface area contributed by atoms with Gasteiger partial charge >= 0.3 is 0 Å². The van der Waals surface area contributed by atoms with Crippen molar-refractivity contribution in [2.75, 3.05) is 69.4 Å². The number of piperazine rings is 1. The van der Waals surface area contributed by atoms with Gasteiger partial charge in [-0.3, -0.25) is 8.87 Å². The third-order valence-electron chi connectivity index (χ3n) is 8.44. The zero-order valence-electron chi connectivity index (χ0n) is 24.4. The van der Waals surface area contributed by atoms with Crippen LogP contribution in [-0.4, -0.2) is 93.2 Å². The van der Waals surface area contributed by atoms with E-state index in [1.807, 2.05) is 49.5 Å². The van der Waals surface area contributed by atoms with Crippen molar-refractivity contribution in [3.05, 3.63) is 59.9 Å². The highest BCUT2D eigenvalue weighted by atomic mass is 35.5. The van der Waals surface area contributed by atoms with Gasteiger partial charge in [0.05, 0.1) is 35.2 Å². The Kier molecular flexibility index (Phi) is 8.67. The number of benzene rings is 2. The minimum Gasteiger partial charge on any atom is -0.495 e. The number of methoxy groups -OCH3 is 1. The number of piperidine rings is 1. The second-order valence-electron chi connectivity index (χ2n) is 11.0. The van der Waals surface area contributed by atoms with Crippen LogP contribution in [0.1, 0.15) is 19.8 Å². The number of para-hydroxylation sites is 1. The zero-order chi connectivity index (χ0) is 29.2. The molecule has 2 aliphatic rings. The van der Waals surface area contributed by atoms with Crippen molar-refractivity contribution < 1.29 is 8.95 Å². The van der Waals surface area contributed by atoms with Crippen LogP contribution in [0.3, 0.4) is 0 Å². The molecule has 0 radical (unpaired) electrons. The number of nitrogens with zero attached hydrogens (tertiary/aromatic N) is 6. The lowest BCUT2D eigenvalue weighted by molar-refractivity contribution is 0.0981. The molecule has 2 aliphatic heterocycles. The molecule has 2 saturated heterocycles. The molecule has 0 spiro atoms. The summed E-state index contributed by atoms with van der Waals surface area (Å²) in [4.78, 5) is 16.7. The average molecular weight is 608 g/mol. The number of likely N-dealkylation sites (N-methyl/N-ethyl adjacent to an activating group) is 1. The summed E-state index contributed by atoms with van der Waals surface area (Å²) in [6, 6.07) is 14.7. The van der Waals surface area contributed by atoms with Crippen LogP contribution in [-0.2, 0) is 11.0 Å². The van der Waals surface area contributed by atoms with Crippen molar-refractivity contribution in [1.29, 1.82) is 0 Å². The van der Waals surface area contributed by atoms with Gasteiger partial charge in [-0.15, -0.1) is 0 Å². The molecule has 2 aromatic carbocycles. The topological polar surface area (TPSA) is 78.8 Å². The van der Waals surface area contributed by atoms with E-state index in [-0.39, 0.29) is 0 Å². The standard InChI is InChI=1S/C31H38ClN7O2S/c1-4-42(40)39-21-25(24-7-5-6-8-27(24)39)30-26(32)20-33-31(35-30)34-22-9-10-28(29(19-22)41-3)38-13-11-23(12-14-38)37-17-15-36(2)16-18-37/h5-10,19-21,23H,4,11-18H2,1-3H3,(H,33,34,35). The number of rotatable bonds is 8. The maximum Gasteiger partial charge on any atom is 0.227 e. The first-order chi connectivity index (χ1) is 20.4. The van der Waals surface area contributed by atoms with E-state index in [0.29, 0.717) is 28.5 Å². The molecule has 0 amide bonds. The Morgan fingerprint density at radius 3 is 2.57 bits per heavy atom. The van der Waals surface area contributed by atoms with Gasteiger partial charge in [0.2, 0.25) is 5.95 Å². The molecule has 1 atom stereocenters. The van der Waals surface area contributed by atoms with Gasteiger partial charge in [0.15, 0.2) is 0 Å². The van der Waals surface area contributed by atoms with Gasteiger partial charge in [-0.25, -0.2) is 14.2 Å². The van der Waals surface area contributed by atoms with Crippen LogP contribution in [0.4, 0.5) is 17.3 Å². The maximum absolute atomic E-state index is 12.7. The van der Waals surface area contributed by atoms with E-state index in [9.17, 15) is 4.21 Å². The molecule has 2 aromatic heterocycles. The summed E-state index contributed by atoms with van der Waals surface area (Å²) in [7, 11) is 2.74. The molecule has 1 N–H and O–H groups in total. The summed E-state index contributed by atoms with van der Waals surface area (Å²) in [6.45, 7) is 8.58. The lowest BCUT2D eigenvalue weighted by Crippen LogP contribution is -2.52. The first-order valence-electron chi connectivity index (χ1n) is 14.6. The molecule has 6 rings (SSSR count). The molecule has 11 heteroatoms. The van der Waals surface area contributed by atoms with Crippen LogP contribution in [0.15, 0.2) is 54.9 Å². The van der Waals surface area contributed by atoms with E-state index >= 15 is 0 Å². The Labute approximate surface area is 255 Å². The second-order valence-corrected chi connectivity index (χ2v) is 13.0. The van der Waals surface area contributed by atoms with Crippen LogP contribution in [0.2, 0.25) is 5.02 Å². The van der Waals surface area contributed by atoms with Crippen molar-refractivity contribution in [1.82, 2.24) is 23.7 Å². The van der Waals surface area contributed by atoms with Crippen molar-refractivity contribution >= 4 is 50.8 Å². The fourth-order valence-corrected chi connectivity index (χ4v) is 7.14. The fraction of sp³-hybridized carbons (Fsp3) is 0.419. The molecule has 222 valence electrons. The number of halogens is 1. The van der Waals surface area contributed by atoms with Crippen molar-refractivity contribution in [2.24, 2.45) is 0 Å². The lowest BCUT2D eigenvalue weighted by atomic mass is 10.0. The number of hydrogen-bond donors (Lipinski definition) is 1. The first-order valence-corrected chi connectivity index (χ1v) is 16.2. The highest BCUT2D eigenvalue weighted by molar-refractivity contribution is 7.83. The van der Waals surface area contributed by atoms with Gasteiger partial charge < -0.3 is 19.9 Å². The number of fused-ring (bicyclic) bond motifs is 1. The van der Waals surface area contributed by atoms with Crippen molar-refractivity contribution in [3.63, 3.8) is 0 Å². The largest absolute Gasteiger partial charge is 0.495 e. The maximum atomic E-state index is 12.7. The zero-order valence-corrected chi connectivity index (χ0v) is 26.0. The molecular weight excluding hydrogens is 570 g/mol. The van der Waals surface area contributed by atoms with Crippen LogP contribution in [0.5, 0.6) is 5.75 Å². The highest BCUT2D eigenvalue weighted by Gasteiger charge is 2.28. The lowest BCUT2D eigenvalue weighted by Gasteiger charge is -2.42. The smallest absolute Gasteiger partial charge is 0.227 e. The van der Waals surface area contributed by atoms with Crippen LogP contribution >= 0.6 is 11.6 Å². The minimum atomic E-state index is -1.18. The van der Waals surface area contributed by atoms with E-state index < -0.39 is 11.0 Å². The summed E-state index contributed by atoms with van der Waals surface area (Å²) < 4.78 is 20.4. The highest BCUT2D eigenvalue weighted by Crippen LogP contribution is 2.37. The third-order valence-corrected chi connectivity index (χ3v) is 9.95. The number of hydrogen-bond acceptors (Lipinski definition) is 8. The molecule has 0 aliphatic carbocycles. The molecule has 0 bridgehead atoms. The van der Waals surface area contributed by atoms with Gasteiger partial charge in [-0.2, -0.15) is 0 Å². The average Bonchev–Trinajstić information content (AvgIpc) is 3.41. The van der Waals surface area contributed by atoms with Gasteiger partial charge in [0.25, 0.3) is 0 Å². The van der Waals surface area contributed by atoms with Gasteiger partial charge in [0.1, 0.15) is 16.7 Å². The fourth-order valence-electron chi connectivity index (χ4n) is 6.07. The molecule has 4 aromatic rings. The summed E-state index contributed by atoms with van der Waals surface area (Å²) in [5.41, 5.74) is 4.21. The Hall–Kier alpha value is -3.18. The van der Waals surface area contributed by atoms with Crippen LogP contribution in [0.25, 0.3) is 22.2 Å². The van der Waals surface area contributed by atoms with E-state index in [1.165, 1.54) is 13.1 Å². The molecule has 9 nitrogen and oxygen atoms in total. The van der Waals surface area contributed by atoms with Crippen molar-refractivity contribution in [2.45, 2.75) is 25.8 Å². The molecule has 1 unspecified atom stereocenters. The minimum absolute atomic E-state index is 0.422. The normalized spacial score (nSPS) is 18.0. The molecule has 42 heavy (non-hydrogen) atoms. The Morgan fingerprint density at radius 1 is 1.07 bits per heavy atom. The van der Waals surface area contributed by atoms with Crippen LogP contribution < -0.4 is 15.0 Å². The first kappa shape index (κ1) is 28.9. The van der Waals surface area contributed by atoms with Gasteiger partial charge in [0, 0.05) is 80.0 Å².